The maximum atomic E-state index is 12.3. The first kappa shape index (κ1) is 25.5. The maximum Gasteiger partial charge on any atom is 0.308 e. The molecule has 1 fully saturated rings. The molecular weight excluding hydrogens is 460 g/mol. The van der Waals surface area contributed by atoms with E-state index in [0.29, 0.717) is 17.1 Å². The van der Waals surface area contributed by atoms with Gasteiger partial charge in [-0.1, -0.05) is 29.8 Å². The van der Waals surface area contributed by atoms with E-state index in [-0.39, 0.29) is 18.2 Å². The van der Waals surface area contributed by atoms with Gasteiger partial charge in [-0.25, -0.2) is 5.43 Å². The van der Waals surface area contributed by atoms with E-state index in [9.17, 15) is 9.59 Å². The molecule has 3 rings (SSSR count). The fraction of sp³-hybridized carbons (Fsp3) is 0.375. The predicted molar refractivity (Wildman–Crippen MR) is 130 cm³/mol. The Balaban J connectivity index is 1.49. The molecule has 2 aromatic carbocycles. The van der Waals surface area contributed by atoms with E-state index in [1.807, 2.05) is 24.3 Å². The molecule has 10 heteroatoms. The minimum Gasteiger partial charge on any atom is -0.493 e. The van der Waals surface area contributed by atoms with E-state index < -0.39 is 5.97 Å². The van der Waals surface area contributed by atoms with E-state index in [1.165, 1.54) is 27.4 Å². The number of hydrogen-bond acceptors (Lipinski definition) is 8. The summed E-state index contributed by atoms with van der Waals surface area (Å²) < 4.78 is 15.7. The van der Waals surface area contributed by atoms with Crippen molar-refractivity contribution in [2.75, 3.05) is 46.9 Å². The number of benzene rings is 2. The first-order chi connectivity index (χ1) is 16.4. The number of ether oxygens (including phenoxy) is 3. The maximum absolute atomic E-state index is 12.3. The van der Waals surface area contributed by atoms with Crippen LogP contribution in [-0.2, 0) is 16.1 Å². The smallest absolute Gasteiger partial charge is 0.308 e. The number of halogens is 1. The summed E-state index contributed by atoms with van der Waals surface area (Å²) in [6, 6.07) is 11.1. The van der Waals surface area contributed by atoms with E-state index in [4.69, 9.17) is 25.8 Å². The fourth-order valence-electron chi connectivity index (χ4n) is 3.61. The van der Waals surface area contributed by atoms with Crippen molar-refractivity contribution in [3.63, 3.8) is 0 Å². The monoisotopic (exact) mass is 488 g/mol. The molecule has 1 amide bonds. The van der Waals surface area contributed by atoms with Crippen LogP contribution in [0.2, 0.25) is 5.02 Å². The topological polar surface area (TPSA) is 92.7 Å². The number of nitrogens with one attached hydrogen (secondary N) is 1. The second-order valence-electron chi connectivity index (χ2n) is 7.79. The molecule has 0 atom stereocenters. The molecule has 1 aliphatic heterocycles. The van der Waals surface area contributed by atoms with Crippen molar-refractivity contribution < 1.29 is 23.8 Å². The summed E-state index contributed by atoms with van der Waals surface area (Å²) in [7, 11) is 2.91. The lowest BCUT2D eigenvalue weighted by Gasteiger charge is -2.34. The Labute approximate surface area is 204 Å². The van der Waals surface area contributed by atoms with E-state index in [1.54, 1.807) is 12.1 Å². The number of esters is 1. The second kappa shape index (κ2) is 12.4. The number of carbonyl (C=O) groups excluding carboxylic acids is 2. The Hall–Kier alpha value is -3.14. The van der Waals surface area contributed by atoms with Gasteiger partial charge in [-0.05, 0) is 23.8 Å². The van der Waals surface area contributed by atoms with Crippen molar-refractivity contribution in [3.8, 4) is 17.2 Å². The van der Waals surface area contributed by atoms with Gasteiger partial charge in [0, 0.05) is 50.2 Å². The first-order valence-electron chi connectivity index (χ1n) is 10.8. The van der Waals surface area contributed by atoms with Crippen LogP contribution < -0.4 is 19.6 Å². The average molecular weight is 489 g/mol. The van der Waals surface area contributed by atoms with Gasteiger partial charge in [0.2, 0.25) is 5.75 Å². The van der Waals surface area contributed by atoms with Gasteiger partial charge in [-0.3, -0.25) is 19.4 Å². The summed E-state index contributed by atoms with van der Waals surface area (Å²) in [6.07, 6.45) is 1.47. The van der Waals surface area contributed by atoms with Gasteiger partial charge in [0.25, 0.3) is 5.91 Å². The van der Waals surface area contributed by atoms with Crippen LogP contribution in [0.1, 0.15) is 18.1 Å². The molecule has 0 bridgehead atoms. The zero-order valence-corrected chi connectivity index (χ0v) is 20.3. The molecule has 182 valence electrons. The Morgan fingerprint density at radius 1 is 1.06 bits per heavy atom. The van der Waals surface area contributed by atoms with E-state index in [2.05, 4.69) is 20.3 Å². The molecule has 0 aliphatic carbocycles. The molecule has 1 heterocycles. The van der Waals surface area contributed by atoms with Gasteiger partial charge in [-0.2, -0.15) is 5.10 Å². The fourth-order valence-corrected chi connectivity index (χ4v) is 3.80. The molecule has 0 aromatic heterocycles. The summed E-state index contributed by atoms with van der Waals surface area (Å²) in [5, 5.41) is 4.81. The van der Waals surface area contributed by atoms with Crippen LogP contribution in [0, 0.1) is 0 Å². The van der Waals surface area contributed by atoms with Gasteiger partial charge in [0.1, 0.15) is 0 Å². The summed E-state index contributed by atoms with van der Waals surface area (Å²) >= 11 is 6.26. The largest absolute Gasteiger partial charge is 0.493 e. The number of nitrogens with zero attached hydrogens (tertiary/aromatic N) is 3. The lowest BCUT2D eigenvalue weighted by Crippen LogP contribution is -2.48. The molecular formula is C24H29ClN4O5. The highest BCUT2D eigenvalue weighted by atomic mass is 35.5. The highest BCUT2D eigenvalue weighted by Crippen LogP contribution is 2.38. The summed E-state index contributed by atoms with van der Waals surface area (Å²) in [6.45, 7) is 5.64. The lowest BCUT2D eigenvalue weighted by atomic mass is 10.2. The molecule has 0 saturated carbocycles. The normalized spacial score (nSPS) is 14.7. The molecule has 1 aliphatic rings. The second-order valence-corrected chi connectivity index (χ2v) is 8.19. The summed E-state index contributed by atoms with van der Waals surface area (Å²) in [4.78, 5) is 28.1. The van der Waals surface area contributed by atoms with Gasteiger partial charge in [0.15, 0.2) is 11.5 Å². The van der Waals surface area contributed by atoms with Gasteiger partial charge >= 0.3 is 5.97 Å². The quantitative estimate of drug-likeness (QED) is 0.251. The number of amides is 1. The highest BCUT2D eigenvalue weighted by molar-refractivity contribution is 6.31. The standard InChI is InChI=1S/C24H29ClN4O5/c1-17(30)34-24-21(32-2)12-18(13-22(24)33-3)14-26-27-23(31)16-29-10-8-28(9-11-29)15-19-6-4-5-7-20(19)25/h4-7,12-14H,8-11,15-16H2,1-3H3,(H,27,31). The molecule has 0 radical (unpaired) electrons. The summed E-state index contributed by atoms with van der Waals surface area (Å²) in [5.74, 6) is 0.127. The van der Waals surface area contributed by atoms with Gasteiger partial charge in [-0.15, -0.1) is 0 Å². The SMILES string of the molecule is COc1cc(C=NNC(=O)CN2CCN(Cc3ccccc3Cl)CC2)cc(OC)c1OC(C)=O. The molecule has 0 spiro atoms. The molecule has 2 aromatic rings. The van der Waals surface area contributed by atoms with Crippen molar-refractivity contribution in [2.24, 2.45) is 5.10 Å². The Bertz CT molecular complexity index is 1010. The van der Waals surface area contributed by atoms with Crippen molar-refractivity contribution in [2.45, 2.75) is 13.5 Å². The number of methoxy groups -OCH3 is 2. The van der Waals surface area contributed by atoms with Crippen molar-refractivity contribution >= 4 is 29.7 Å². The minimum absolute atomic E-state index is 0.187. The third kappa shape index (κ3) is 7.18. The molecule has 9 nitrogen and oxygen atoms in total. The van der Waals surface area contributed by atoms with Crippen molar-refractivity contribution in [1.29, 1.82) is 0 Å². The predicted octanol–water partition coefficient (Wildman–Crippen LogP) is 2.55. The Morgan fingerprint density at radius 2 is 1.68 bits per heavy atom. The zero-order valence-electron chi connectivity index (χ0n) is 19.5. The zero-order chi connectivity index (χ0) is 24.5. The molecule has 34 heavy (non-hydrogen) atoms. The van der Waals surface area contributed by atoms with Crippen molar-refractivity contribution in [3.05, 3.63) is 52.5 Å². The minimum atomic E-state index is -0.491. The van der Waals surface area contributed by atoms with Crippen LogP contribution in [0.5, 0.6) is 17.2 Å². The summed E-state index contributed by atoms with van der Waals surface area (Å²) in [5.41, 5.74) is 4.27. The van der Waals surface area contributed by atoms with Crippen molar-refractivity contribution in [1.82, 2.24) is 15.2 Å². The number of rotatable bonds is 9. The van der Waals surface area contributed by atoms with E-state index in [0.717, 1.165) is 43.3 Å². The number of carbonyl (C=O) groups is 2. The number of piperazine rings is 1. The van der Waals surface area contributed by atoms with Gasteiger partial charge < -0.3 is 14.2 Å². The molecule has 1 saturated heterocycles. The van der Waals surface area contributed by atoms with Crippen LogP contribution in [0.15, 0.2) is 41.5 Å². The Kier molecular flexibility index (Phi) is 9.26. The Morgan fingerprint density at radius 3 is 2.26 bits per heavy atom. The number of hydrogen-bond donors (Lipinski definition) is 1. The van der Waals surface area contributed by atoms with Gasteiger partial charge in [0.05, 0.1) is 27.0 Å². The average Bonchev–Trinajstić information content (AvgIpc) is 2.82. The highest BCUT2D eigenvalue weighted by Gasteiger charge is 2.20. The molecule has 1 N–H and O–H groups in total. The first-order valence-corrected chi connectivity index (χ1v) is 11.2. The van der Waals surface area contributed by atoms with Crippen LogP contribution >= 0.6 is 11.6 Å². The third-order valence-electron chi connectivity index (χ3n) is 5.32. The number of hydrazone groups is 1. The van der Waals surface area contributed by atoms with Crippen LogP contribution in [0.25, 0.3) is 0 Å². The van der Waals surface area contributed by atoms with Crippen LogP contribution in [0.3, 0.4) is 0 Å². The lowest BCUT2D eigenvalue weighted by molar-refractivity contribution is -0.132. The third-order valence-corrected chi connectivity index (χ3v) is 5.68. The van der Waals surface area contributed by atoms with Crippen LogP contribution in [0.4, 0.5) is 0 Å². The van der Waals surface area contributed by atoms with Crippen LogP contribution in [-0.4, -0.2) is 74.8 Å². The molecule has 0 unspecified atom stereocenters. The van der Waals surface area contributed by atoms with E-state index >= 15 is 0 Å².